The zero-order valence-corrected chi connectivity index (χ0v) is 12.2. The molecule has 0 saturated carbocycles. The molecule has 4 nitrogen and oxygen atoms in total. The van der Waals surface area contributed by atoms with Crippen molar-refractivity contribution in [2.24, 2.45) is 0 Å². The number of halogens is 4. The Labute approximate surface area is 124 Å². The van der Waals surface area contributed by atoms with E-state index in [2.05, 4.69) is 5.32 Å². The molecule has 21 heavy (non-hydrogen) atoms. The first kappa shape index (κ1) is 17.3. The minimum absolute atomic E-state index is 0.0504. The molecule has 1 aromatic rings. The molecule has 0 aliphatic rings. The number of carbonyl (C=O) groups excluding carboxylic acids is 2. The van der Waals surface area contributed by atoms with Crippen LogP contribution < -0.4 is 10.2 Å². The molecule has 0 spiro atoms. The summed E-state index contributed by atoms with van der Waals surface area (Å²) in [5.41, 5.74) is -1.28. The van der Waals surface area contributed by atoms with Crippen molar-refractivity contribution in [3.8, 4) is 0 Å². The molecule has 0 bridgehead atoms. The second-order valence-corrected chi connectivity index (χ2v) is 4.75. The molecule has 0 aliphatic heterocycles. The number of carbonyl (C=O) groups is 2. The van der Waals surface area contributed by atoms with Gasteiger partial charge in [0.1, 0.15) is 0 Å². The van der Waals surface area contributed by atoms with Crippen LogP contribution in [-0.4, -0.2) is 24.9 Å². The summed E-state index contributed by atoms with van der Waals surface area (Å²) in [6.45, 7) is 2.42. The summed E-state index contributed by atoms with van der Waals surface area (Å²) in [7, 11) is 0. The number of amides is 2. The Morgan fingerprint density at radius 3 is 2.38 bits per heavy atom. The third-order valence-electron chi connectivity index (χ3n) is 2.64. The summed E-state index contributed by atoms with van der Waals surface area (Å²) in [5, 5.41) is 2.36. The lowest BCUT2D eigenvalue weighted by Crippen LogP contribution is -2.37. The number of nitrogens with zero attached hydrogens (tertiary/aromatic N) is 1. The molecule has 1 aromatic carbocycles. The van der Waals surface area contributed by atoms with E-state index >= 15 is 0 Å². The predicted octanol–water partition coefficient (Wildman–Crippen LogP) is 2.85. The third kappa shape index (κ3) is 4.93. The Bertz CT molecular complexity index is 547. The molecule has 8 heteroatoms. The lowest BCUT2D eigenvalue weighted by atomic mass is 10.1. The number of alkyl halides is 3. The number of hydrogen-bond acceptors (Lipinski definition) is 2. The van der Waals surface area contributed by atoms with Crippen LogP contribution in [0.1, 0.15) is 19.4 Å². The average Bonchev–Trinajstić information content (AvgIpc) is 2.33. The van der Waals surface area contributed by atoms with Crippen molar-refractivity contribution < 1.29 is 22.8 Å². The maximum absolute atomic E-state index is 13.0. The van der Waals surface area contributed by atoms with Gasteiger partial charge in [-0.25, -0.2) is 0 Å². The molecule has 0 fully saturated rings. The minimum atomic E-state index is -4.64. The van der Waals surface area contributed by atoms with Crippen molar-refractivity contribution in [2.75, 3.05) is 18.0 Å². The highest BCUT2D eigenvalue weighted by molar-refractivity contribution is 6.30. The molecule has 2 amide bonds. The van der Waals surface area contributed by atoms with E-state index in [0.29, 0.717) is 0 Å². The number of rotatable bonds is 4. The van der Waals surface area contributed by atoms with Gasteiger partial charge in [0.2, 0.25) is 11.8 Å². The van der Waals surface area contributed by atoms with Gasteiger partial charge in [0, 0.05) is 32.0 Å². The number of benzene rings is 1. The van der Waals surface area contributed by atoms with Gasteiger partial charge < -0.3 is 10.2 Å². The second-order valence-electron chi connectivity index (χ2n) is 4.31. The van der Waals surface area contributed by atoms with E-state index in [0.717, 1.165) is 24.0 Å². The molecule has 1 N–H and O–H groups in total. The summed E-state index contributed by atoms with van der Waals surface area (Å²) in [6, 6.07) is 3.19. The van der Waals surface area contributed by atoms with Crippen LogP contribution >= 0.6 is 11.6 Å². The van der Waals surface area contributed by atoms with Gasteiger partial charge in [0.05, 0.1) is 11.3 Å². The van der Waals surface area contributed by atoms with Crippen molar-refractivity contribution in [1.82, 2.24) is 5.32 Å². The molecule has 0 heterocycles. The predicted molar refractivity (Wildman–Crippen MR) is 73.2 cm³/mol. The monoisotopic (exact) mass is 322 g/mol. The van der Waals surface area contributed by atoms with Gasteiger partial charge in [-0.1, -0.05) is 11.6 Å². The molecule has 0 saturated heterocycles. The Hall–Kier alpha value is -1.76. The van der Waals surface area contributed by atoms with Crippen LogP contribution in [0.3, 0.4) is 0 Å². The second kappa shape index (κ2) is 6.80. The van der Waals surface area contributed by atoms with Gasteiger partial charge >= 0.3 is 6.18 Å². The van der Waals surface area contributed by atoms with Crippen molar-refractivity contribution in [3.05, 3.63) is 28.8 Å². The van der Waals surface area contributed by atoms with Crippen LogP contribution in [0.15, 0.2) is 18.2 Å². The van der Waals surface area contributed by atoms with Crippen molar-refractivity contribution in [3.63, 3.8) is 0 Å². The molecule has 0 aromatic heterocycles. The first-order chi connectivity index (χ1) is 9.62. The van der Waals surface area contributed by atoms with Gasteiger partial charge in [-0.2, -0.15) is 13.2 Å². The van der Waals surface area contributed by atoms with E-state index in [1.807, 2.05) is 0 Å². The molecule has 116 valence electrons. The number of anilines is 1. The Morgan fingerprint density at radius 2 is 1.90 bits per heavy atom. The molecular formula is C13H14ClF3N2O2. The van der Waals surface area contributed by atoms with Gasteiger partial charge in [-0.3, -0.25) is 9.59 Å². The van der Waals surface area contributed by atoms with Crippen molar-refractivity contribution in [2.45, 2.75) is 20.0 Å². The molecular weight excluding hydrogens is 309 g/mol. The molecule has 1 rings (SSSR count). The highest BCUT2D eigenvalue weighted by Crippen LogP contribution is 2.38. The van der Waals surface area contributed by atoms with Gasteiger partial charge in [0.15, 0.2) is 0 Å². The van der Waals surface area contributed by atoms with Crippen LogP contribution in [-0.2, 0) is 15.8 Å². The normalized spacial score (nSPS) is 11.1. The zero-order chi connectivity index (χ0) is 16.2. The smallest absolute Gasteiger partial charge is 0.355 e. The quantitative estimate of drug-likeness (QED) is 0.926. The Morgan fingerprint density at radius 1 is 1.29 bits per heavy atom. The SMILES string of the molecule is CC(=O)NCCN(C(C)=O)c1ccc(Cl)cc1C(F)(F)F. The van der Waals surface area contributed by atoms with Crippen molar-refractivity contribution in [1.29, 1.82) is 0 Å². The number of nitrogens with one attached hydrogen (secondary N) is 1. The maximum atomic E-state index is 13.0. The summed E-state index contributed by atoms with van der Waals surface area (Å²) in [6.07, 6.45) is -4.64. The summed E-state index contributed by atoms with van der Waals surface area (Å²) in [5.74, 6) is -0.890. The van der Waals surface area contributed by atoms with Gasteiger partial charge in [0.25, 0.3) is 0 Å². The summed E-state index contributed by atoms with van der Waals surface area (Å²) in [4.78, 5) is 23.3. The molecule has 0 unspecified atom stereocenters. The van der Waals surface area contributed by atoms with E-state index in [4.69, 9.17) is 11.6 Å². The maximum Gasteiger partial charge on any atom is 0.418 e. The average molecular weight is 323 g/mol. The lowest BCUT2D eigenvalue weighted by Gasteiger charge is -2.25. The fourth-order valence-corrected chi connectivity index (χ4v) is 1.93. The first-order valence-corrected chi connectivity index (χ1v) is 6.40. The van der Waals surface area contributed by atoms with E-state index in [1.165, 1.54) is 13.0 Å². The van der Waals surface area contributed by atoms with Crippen LogP contribution in [0.2, 0.25) is 5.02 Å². The highest BCUT2D eigenvalue weighted by atomic mass is 35.5. The first-order valence-electron chi connectivity index (χ1n) is 6.02. The largest absolute Gasteiger partial charge is 0.418 e. The lowest BCUT2D eigenvalue weighted by molar-refractivity contribution is -0.137. The van der Waals surface area contributed by atoms with E-state index in [9.17, 15) is 22.8 Å². The molecule has 0 aliphatic carbocycles. The summed E-state index contributed by atoms with van der Waals surface area (Å²) < 4.78 is 39.1. The van der Waals surface area contributed by atoms with Crippen LogP contribution in [0.4, 0.5) is 18.9 Å². The topological polar surface area (TPSA) is 49.4 Å². The van der Waals surface area contributed by atoms with Crippen LogP contribution in [0, 0.1) is 0 Å². The molecule has 0 atom stereocenters. The highest BCUT2D eigenvalue weighted by Gasteiger charge is 2.35. The summed E-state index contributed by atoms with van der Waals surface area (Å²) >= 11 is 5.59. The fourth-order valence-electron chi connectivity index (χ4n) is 1.76. The Balaban J connectivity index is 3.13. The zero-order valence-electron chi connectivity index (χ0n) is 11.4. The fraction of sp³-hybridized carbons (Fsp3) is 0.385. The Kier molecular flexibility index (Phi) is 5.60. The van der Waals surface area contributed by atoms with Gasteiger partial charge in [-0.05, 0) is 18.2 Å². The third-order valence-corrected chi connectivity index (χ3v) is 2.88. The van der Waals surface area contributed by atoms with E-state index in [1.54, 1.807) is 0 Å². The standard InChI is InChI=1S/C13H14ClF3N2O2/c1-8(20)18-5-6-19(9(2)21)12-4-3-10(14)7-11(12)13(15,16)17/h3-4,7H,5-6H2,1-2H3,(H,18,20). The van der Waals surface area contributed by atoms with Crippen molar-refractivity contribution >= 4 is 29.1 Å². The molecule has 0 radical (unpaired) electrons. The van der Waals surface area contributed by atoms with Crippen LogP contribution in [0.5, 0.6) is 0 Å². The number of hydrogen-bond donors (Lipinski definition) is 1. The van der Waals surface area contributed by atoms with E-state index in [-0.39, 0.29) is 29.7 Å². The van der Waals surface area contributed by atoms with Gasteiger partial charge in [-0.15, -0.1) is 0 Å². The van der Waals surface area contributed by atoms with E-state index < -0.39 is 17.6 Å². The van der Waals surface area contributed by atoms with Crippen LogP contribution in [0.25, 0.3) is 0 Å². The minimum Gasteiger partial charge on any atom is -0.355 e.